The van der Waals surface area contributed by atoms with E-state index in [-0.39, 0.29) is 0 Å². The first kappa shape index (κ1) is 7.81. The molecule has 0 bridgehead atoms. The van der Waals surface area contributed by atoms with Crippen molar-refractivity contribution in [3.63, 3.8) is 0 Å². The summed E-state index contributed by atoms with van der Waals surface area (Å²) >= 11 is 0. The van der Waals surface area contributed by atoms with Gasteiger partial charge in [-0.15, -0.1) is 0 Å². The van der Waals surface area contributed by atoms with Crippen LogP contribution < -0.4 is 16.2 Å². The Morgan fingerprint density at radius 1 is 1.55 bits per heavy atom. The van der Waals surface area contributed by atoms with Gasteiger partial charge >= 0.3 is 0 Å². The van der Waals surface area contributed by atoms with Gasteiger partial charge in [0.05, 0.1) is 12.8 Å². The second-order valence-electron chi connectivity index (χ2n) is 2.14. The van der Waals surface area contributed by atoms with Gasteiger partial charge in [0, 0.05) is 18.3 Å². The van der Waals surface area contributed by atoms with E-state index in [1.807, 2.05) is 0 Å². The summed E-state index contributed by atoms with van der Waals surface area (Å²) in [5.74, 6) is 0.505. The number of nitrogens with zero attached hydrogens (tertiary/aromatic N) is 1. The molecular weight excluding hydrogens is 142 g/mol. The molecule has 11 heavy (non-hydrogen) atoms. The largest absolute Gasteiger partial charge is 0.481 e. The van der Waals surface area contributed by atoms with Crippen molar-refractivity contribution in [2.45, 2.75) is 6.54 Å². The number of rotatable bonds is 2. The summed E-state index contributed by atoms with van der Waals surface area (Å²) in [4.78, 5) is 4.04. The van der Waals surface area contributed by atoms with Gasteiger partial charge in [0.15, 0.2) is 0 Å². The van der Waals surface area contributed by atoms with Crippen LogP contribution in [0.1, 0.15) is 5.69 Å². The highest BCUT2D eigenvalue weighted by atomic mass is 16.5. The topological polar surface area (TPSA) is 74.2 Å². The lowest BCUT2D eigenvalue weighted by molar-refractivity contribution is 0.396. The molecule has 0 aliphatic rings. The zero-order chi connectivity index (χ0) is 8.27. The Labute approximate surface area is 65.2 Å². The fourth-order valence-electron chi connectivity index (χ4n) is 0.792. The van der Waals surface area contributed by atoms with Crippen molar-refractivity contribution in [2.24, 2.45) is 5.73 Å². The highest BCUT2D eigenvalue weighted by molar-refractivity contribution is 5.42. The average molecular weight is 153 g/mol. The molecule has 0 unspecified atom stereocenters. The molecule has 1 rings (SSSR count). The van der Waals surface area contributed by atoms with Crippen LogP contribution >= 0.6 is 0 Å². The van der Waals surface area contributed by atoms with E-state index in [9.17, 15) is 0 Å². The predicted octanol–water partition coefficient (Wildman–Crippen LogP) is 0.131. The van der Waals surface area contributed by atoms with Gasteiger partial charge in [-0.05, 0) is 6.07 Å². The maximum absolute atomic E-state index is 5.54. The van der Waals surface area contributed by atoms with Crippen LogP contribution in [0.2, 0.25) is 0 Å². The molecule has 0 aromatic carbocycles. The molecule has 60 valence electrons. The molecule has 0 fully saturated rings. The quantitative estimate of drug-likeness (QED) is 0.633. The fourth-order valence-corrected chi connectivity index (χ4v) is 0.792. The number of pyridine rings is 1. The van der Waals surface area contributed by atoms with Crippen LogP contribution in [0.4, 0.5) is 5.69 Å². The molecule has 0 aliphatic heterocycles. The van der Waals surface area contributed by atoms with Crippen molar-refractivity contribution < 1.29 is 4.74 Å². The maximum atomic E-state index is 5.54. The lowest BCUT2D eigenvalue weighted by Crippen LogP contribution is -2.02. The van der Waals surface area contributed by atoms with Gasteiger partial charge in [0.25, 0.3) is 0 Å². The third-order valence-corrected chi connectivity index (χ3v) is 1.30. The lowest BCUT2D eigenvalue weighted by Gasteiger charge is -2.02. The number of hydrogen-bond donors (Lipinski definition) is 2. The molecule has 0 atom stereocenters. The SMILES string of the molecule is COc1cc(N)cc(CN)n1. The molecule has 1 aromatic rings. The predicted molar refractivity (Wildman–Crippen MR) is 43.1 cm³/mol. The first-order chi connectivity index (χ1) is 5.26. The Hall–Kier alpha value is -1.29. The van der Waals surface area contributed by atoms with E-state index >= 15 is 0 Å². The summed E-state index contributed by atoms with van der Waals surface area (Å²) in [5.41, 5.74) is 12.3. The Balaban J connectivity index is 3.02. The van der Waals surface area contributed by atoms with Crippen molar-refractivity contribution in [3.8, 4) is 5.88 Å². The van der Waals surface area contributed by atoms with Gasteiger partial charge in [-0.25, -0.2) is 4.98 Å². The third kappa shape index (κ3) is 1.81. The molecule has 4 N–H and O–H groups in total. The van der Waals surface area contributed by atoms with E-state index in [1.54, 1.807) is 19.2 Å². The molecule has 1 aromatic heterocycles. The van der Waals surface area contributed by atoms with E-state index < -0.39 is 0 Å². The van der Waals surface area contributed by atoms with Crippen LogP contribution in [0.5, 0.6) is 5.88 Å². The first-order valence-corrected chi connectivity index (χ1v) is 3.26. The van der Waals surface area contributed by atoms with Gasteiger partial charge in [-0.2, -0.15) is 0 Å². The minimum absolute atomic E-state index is 0.376. The van der Waals surface area contributed by atoms with Gasteiger partial charge in [-0.1, -0.05) is 0 Å². The van der Waals surface area contributed by atoms with Crippen LogP contribution in [0.3, 0.4) is 0 Å². The summed E-state index contributed by atoms with van der Waals surface area (Å²) < 4.78 is 4.89. The molecule has 0 amide bonds. The molecule has 0 aliphatic carbocycles. The third-order valence-electron chi connectivity index (χ3n) is 1.30. The molecular formula is C7H11N3O. The minimum atomic E-state index is 0.376. The van der Waals surface area contributed by atoms with E-state index in [0.29, 0.717) is 18.1 Å². The smallest absolute Gasteiger partial charge is 0.215 e. The van der Waals surface area contributed by atoms with E-state index in [2.05, 4.69) is 4.98 Å². The van der Waals surface area contributed by atoms with E-state index in [4.69, 9.17) is 16.2 Å². The number of anilines is 1. The maximum Gasteiger partial charge on any atom is 0.215 e. The Morgan fingerprint density at radius 2 is 2.27 bits per heavy atom. The Kier molecular flexibility index (Phi) is 2.28. The second kappa shape index (κ2) is 3.21. The van der Waals surface area contributed by atoms with Crippen molar-refractivity contribution in [3.05, 3.63) is 17.8 Å². The number of aromatic nitrogens is 1. The van der Waals surface area contributed by atoms with Crippen LogP contribution in [0, 0.1) is 0 Å². The summed E-state index contributed by atoms with van der Waals surface area (Å²) in [5, 5.41) is 0. The molecule has 0 spiro atoms. The molecule has 0 radical (unpaired) electrons. The minimum Gasteiger partial charge on any atom is -0.481 e. The van der Waals surface area contributed by atoms with Crippen LogP contribution in [-0.4, -0.2) is 12.1 Å². The van der Waals surface area contributed by atoms with Crippen LogP contribution in [0.15, 0.2) is 12.1 Å². The highest BCUT2D eigenvalue weighted by Gasteiger charge is 1.97. The summed E-state index contributed by atoms with van der Waals surface area (Å²) in [6, 6.07) is 3.38. The summed E-state index contributed by atoms with van der Waals surface area (Å²) in [6.07, 6.45) is 0. The average Bonchev–Trinajstić information content (AvgIpc) is 2.03. The van der Waals surface area contributed by atoms with E-state index in [1.165, 1.54) is 0 Å². The number of hydrogen-bond acceptors (Lipinski definition) is 4. The normalized spacial score (nSPS) is 9.64. The molecule has 0 saturated carbocycles. The number of nitrogen functional groups attached to an aromatic ring is 1. The van der Waals surface area contributed by atoms with Crippen molar-refractivity contribution in [2.75, 3.05) is 12.8 Å². The summed E-state index contributed by atoms with van der Waals surface area (Å²) in [6.45, 7) is 0.376. The van der Waals surface area contributed by atoms with Crippen LogP contribution in [-0.2, 0) is 6.54 Å². The van der Waals surface area contributed by atoms with Crippen LogP contribution in [0.25, 0.3) is 0 Å². The monoisotopic (exact) mass is 153 g/mol. The van der Waals surface area contributed by atoms with Gasteiger partial charge < -0.3 is 16.2 Å². The fraction of sp³-hybridized carbons (Fsp3) is 0.286. The van der Waals surface area contributed by atoms with Gasteiger partial charge in [0.2, 0.25) is 5.88 Å². The zero-order valence-corrected chi connectivity index (χ0v) is 6.37. The number of ether oxygens (including phenoxy) is 1. The molecule has 1 heterocycles. The second-order valence-corrected chi connectivity index (χ2v) is 2.14. The molecule has 0 saturated heterocycles. The number of nitrogens with two attached hydrogens (primary N) is 2. The first-order valence-electron chi connectivity index (χ1n) is 3.26. The van der Waals surface area contributed by atoms with Crippen molar-refractivity contribution >= 4 is 5.69 Å². The highest BCUT2D eigenvalue weighted by Crippen LogP contribution is 2.12. The van der Waals surface area contributed by atoms with Crippen molar-refractivity contribution in [1.82, 2.24) is 4.98 Å². The lowest BCUT2D eigenvalue weighted by atomic mass is 10.3. The van der Waals surface area contributed by atoms with E-state index in [0.717, 1.165) is 5.69 Å². The zero-order valence-electron chi connectivity index (χ0n) is 6.37. The van der Waals surface area contributed by atoms with Gasteiger partial charge in [0.1, 0.15) is 0 Å². The van der Waals surface area contributed by atoms with Crippen molar-refractivity contribution in [1.29, 1.82) is 0 Å². The Bertz CT molecular complexity index is 227. The molecule has 4 heteroatoms. The number of methoxy groups -OCH3 is 1. The molecule has 4 nitrogen and oxygen atoms in total. The van der Waals surface area contributed by atoms with Gasteiger partial charge in [-0.3, -0.25) is 0 Å². The Morgan fingerprint density at radius 3 is 2.82 bits per heavy atom. The standard InChI is InChI=1S/C7H11N3O/c1-11-7-3-5(9)2-6(4-8)10-7/h2-3H,4,8H2,1H3,(H2,9,10). The summed E-state index contributed by atoms with van der Waals surface area (Å²) in [7, 11) is 1.54.